The molecule has 0 aliphatic heterocycles. The third kappa shape index (κ3) is 3.56. The third-order valence-corrected chi connectivity index (χ3v) is 2.75. The van der Waals surface area contributed by atoms with E-state index >= 15 is 0 Å². The first-order chi connectivity index (χ1) is 9.19. The van der Waals surface area contributed by atoms with Gasteiger partial charge in [-0.2, -0.15) is 5.10 Å². The molecule has 6 heteroatoms. The van der Waals surface area contributed by atoms with Crippen molar-refractivity contribution in [3.05, 3.63) is 53.3 Å². The second kappa shape index (κ2) is 6.01. The Morgan fingerprint density at radius 3 is 2.89 bits per heavy atom. The molecule has 0 saturated carbocycles. The molecular weight excluding hydrogens is 242 g/mol. The fourth-order valence-corrected chi connectivity index (χ4v) is 1.81. The van der Waals surface area contributed by atoms with E-state index in [1.165, 1.54) is 0 Å². The van der Waals surface area contributed by atoms with Gasteiger partial charge in [-0.1, -0.05) is 23.4 Å². The Kier molecular flexibility index (Phi) is 4.15. The lowest BCUT2D eigenvalue weighted by molar-refractivity contribution is 0.318. The van der Waals surface area contributed by atoms with Crippen molar-refractivity contribution in [2.45, 2.75) is 13.1 Å². The fourth-order valence-electron chi connectivity index (χ4n) is 1.81. The van der Waals surface area contributed by atoms with Crippen LogP contribution in [0.3, 0.4) is 0 Å². The number of nitrogens with one attached hydrogen (secondary N) is 1. The molecule has 100 valence electrons. The normalized spacial score (nSPS) is 11.7. The van der Waals surface area contributed by atoms with E-state index < -0.39 is 0 Å². The van der Waals surface area contributed by atoms with Gasteiger partial charge in [-0.25, -0.2) is 0 Å². The molecule has 1 heterocycles. The Morgan fingerprint density at radius 1 is 1.42 bits per heavy atom. The molecule has 0 fully saturated rings. The van der Waals surface area contributed by atoms with E-state index in [1.807, 2.05) is 37.6 Å². The SMILES string of the molecule is Cn1cc(CNCc2cccc(C(N)=NO)c2)cn1. The molecular formula is C13H17N5O. The van der Waals surface area contributed by atoms with Crippen LogP contribution in [0.4, 0.5) is 0 Å². The maximum Gasteiger partial charge on any atom is 0.170 e. The molecule has 0 bridgehead atoms. The molecule has 0 saturated heterocycles. The van der Waals surface area contributed by atoms with Crippen LogP contribution in [-0.4, -0.2) is 20.8 Å². The third-order valence-electron chi connectivity index (χ3n) is 2.75. The van der Waals surface area contributed by atoms with E-state index in [0.29, 0.717) is 12.1 Å². The lowest BCUT2D eigenvalue weighted by Crippen LogP contribution is -2.15. The quantitative estimate of drug-likeness (QED) is 0.321. The minimum atomic E-state index is 0.120. The minimum Gasteiger partial charge on any atom is -0.409 e. The molecule has 0 aliphatic carbocycles. The van der Waals surface area contributed by atoms with Crippen molar-refractivity contribution in [2.75, 3.05) is 0 Å². The smallest absolute Gasteiger partial charge is 0.170 e. The summed E-state index contributed by atoms with van der Waals surface area (Å²) in [4.78, 5) is 0. The van der Waals surface area contributed by atoms with E-state index in [9.17, 15) is 0 Å². The van der Waals surface area contributed by atoms with Crippen LogP contribution in [0, 0.1) is 0 Å². The molecule has 2 aromatic rings. The average Bonchev–Trinajstić information content (AvgIpc) is 2.84. The molecule has 0 atom stereocenters. The first-order valence-corrected chi connectivity index (χ1v) is 5.94. The lowest BCUT2D eigenvalue weighted by Gasteiger charge is -2.05. The maximum atomic E-state index is 8.64. The molecule has 1 aromatic heterocycles. The Hall–Kier alpha value is -2.34. The molecule has 0 amide bonds. The first kappa shape index (κ1) is 13.1. The molecule has 0 aliphatic rings. The number of benzene rings is 1. The highest BCUT2D eigenvalue weighted by molar-refractivity contribution is 5.97. The van der Waals surface area contributed by atoms with Crippen molar-refractivity contribution in [1.29, 1.82) is 0 Å². The van der Waals surface area contributed by atoms with Gasteiger partial charge in [-0.05, 0) is 11.6 Å². The van der Waals surface area contributed by atoms with Crippen molar-refractivity contribution in [3.63, 3.8) is 0 Å². The molecule has 4 N–H and O–H groups in total. The predicted molar refractivity (Wildman–Crippen MR) is 72.7 cm³/mol. The van der Waals surface area contributed by atoms with E-state index in [0.717, 1.165) is 17.7 Å². The number of hydrogen-bond donors (Lipinski definition) is 3. The van der Waals surface area contributed by atoms with Crippen LogP contribution in [0.1, 0.15) is 16.7 Å². The zero-order valence-corrected chi connectivity index (χ0v) is 10.7. The van der Waals surface area contributed by atoms with Gasteiger partial charge in [0.25, 0.3) is 0 Å². The van der Waals surface area contributed by atoms with Crippen LogP contribution in [0.2, 0.25) is 0 Å². The van der Waals surface area contributed by atoms with Crippen LogP contribution < -0.4 is 11.1 Å². The van der Waals surface area contributed by atoms with Crippen LogP contribution in [-0.2, 0) is 20.1 Å². The number of hydrogen-bond acceptors (Lipinski definition) is 4. The molecule has 0 unspecified atom stereocenters. The predicted octanol–water partition coefficient (Wildman–Crippen LogP) is 0.804. The standard InChI is InChI=1S/C13H17N5O/c1-18-9-11(8-16-18)7-15-6-10-3-2-4-12(5-10)13(14)17-19/h2-5,8-9,15,19H,6-7H2,1H3,(H2,14,17). The monoisotopic (exact) mass is 259 g/mol. The summed E-state index contributed by atoms with van der Waals surface area (Å²) in [5, 5.41) is 19.1. The zero-order chi connectivity index (χ0) is 13.7. The lowest BCUT2D eigenvalue weighted by atomic mass is 10.1. The molecule has 0 radical (unpaired) electrons. The van der Waals surface area contributed by atoms with Crippen molar-refractivity contribution in [1.82, 2.24) is 15.1 Å². The number of aryl methyl sites for hydroxylation is 1. The van der Waals surface area contributed by atoms with Gasteiger partial charge in [0.2, 0.25) is 0 Å². The van der Waals surface area contributed by atoms with Gasteiger partial charge < -0.3 is 16.3 Å². The van der Waals surface area contributed by atoms with Crippen LogP contribution in [0.5, 0.6) is 0 Å². The Bertz CT molecular complexity index is 576. The van der Waals surface area contributed by atoms with Crippen molar-refractivity contribution in [2.24, 2.45) is 17.9 Å². The second-order valence-electron chi connectivity index (χ2n) is 4.31. The number of aromatic nitrogens is 2. The molecule has 2 rings (SSSR count). The minimum absolute atomic E-state index is 0.120. The first-order valence-electron chi connectivity index (χ1n) is 5.94. The number of amidine groups is 1. The summed E-state index contributed by atoms with van der Waals surface area (Å²) in [6.45, 7) is 1.46. The van der Waals surface area contributed by atoms with E-state index in [4.69, 9.17) is 10.9 Å². The van der Waals surface area contributed by atoms with Crippen LogP contribution in [0.15, 0.2) is 41.8 Å². The van der Waals surface area contributed by atoms with Crippen LogP contribution in [0.25, 0.3) is 0 Å². The average molecular weight is 259 g/mol. The number of rotatable bonds is 5. The summed E-state index contributed by atoms with van der Waals surface area (Å²) in [6, 6.07) is 7.57. The number of oxime groups is 1. The molecule has 0 spiro atoms. The number of nitrogens with zero attached hydrogens (tertiary/aromatic N) is 3. The van der Waals surface area contributed by atoms with Crippen molar-refractivity contribution < 1.29 is 5.21 Å². The van der Waals surface area contributed by atoms with Crippen molar-refractivity contribution >= 4 is 5.84 Å². The Labute approximate surface area is 111 Å². The summed E-state index contributed by atoms with van der Waals surface area (Å²) in [5.41, 5.74) is 8.48. The molecule has 6 nitrogen and oxygen atoms in total. The van der Waals surface area contributed by atoms with Gasteiger partial charge in [-0.3, -0.25) is 4.68 Å². The van der Waals surface area contributed by atoms with Gasteiger partial charge in [0.1, 0.15) is 0 Å². The maximum absolute atomic E-state index is 8.64. The van der Waals surface area contributed by atoms with E-state index in [2.05, 4.69) is 15.6 Å². The fraction of sp³-hybridized carbons (Fsp3) is 0.231. The Balaban J connectivity index is 1.92. The summed E-state index contributed by atoms with van der Waals surface area (Å²) in [6.07, 6.45) is 3.81. The van der Waals surface area contributed by atoms with E-state index in [-0.39, 0.29) is 5.84 Å². The summed E-state index contributed by atoms with van der Waals surface area (Å²) < 4.78 is 1.77. The summed E-state index contributed by atoms with van der Waals surface area (Å²) in [7, 11) is 1.89. The van der Waals surface area contributed by atoms with Gasteiger partial charge in [0.15, 0.2) is 5.84 Å². The Morgan fingerprint density at radius 2 is 2.21 bits per heavy atom. The van der Waals surface area contributed by atoms with Crippen molar-refractivity contribution in [3.8, 4) is 0 Å². The largest absolute Gasteiger partial charge is 0.409 e. The topological polar surface area (TPSA) is 88.5 Å². The van der Waals surface area contributed by atoms with E-state index in [1.54, 1.807) is 10.7 Å². The van der Waals surface area contributed by atoms with Crippen LogP contribution >= 0.6 is 0 Å². The summed E-state index contributed by atoms with van der Waals surface area (Å²) in [5.74, 6) is 0.120. The highest BCUT2D eigenvalue weighted by Crippen LogP contribution is 2.05. The van der Waals surface area contributed by atoms with Gasteiger partial charge in [0, 0.05) is 37.5 Å². The number of nitrogens with two attached hydrogens (primary N) is 1. The molecule has 19 heavy (non-hydrogen) atoms. The van der Waals surface area contributed by atoms with Gasteiger partial charge in [-0.15, -0.1) is 0 Å². The highest BCUT2D eigenvalue weighted by atomic mass is 16.4. The zero-order valence-electron chi connectivity index (χ0n) is 10.7. The van der Waals surface area contributed by atoms with Gasteiger partial charge >= 0.3 is 0 Å². The van der Waals surface area contributed by atoms with Gasteiger partial charge in [0.05, 0.1) is 6.20 Å². The highest BCUT2D eigenvalue weighted by Gasteiger charge is 2.01. The second-order valence-corrected chi connectivity index (χ2v) is 4.31. The summed E-state index contributed by atoms with van der Waals surface area (Å²) >= 11 is 0. The molecule has 1 aromatic carbocycles.